The van der Waals surface area contributed by atoms with Gasteiger partial charge in [0.2, 0.25) is 0 Å². The first-order valence-corrected chi connectivity index (χ1v) is 7.22. The van der Waals surface area contributed by atoms with Crippen molar-refractivity contribution in [1.82, 2.24) is 4.90 Å². The third-order valence-corrected chi connectivity index (χ3v) is 3.72. The number of hydrogen-bond acceptors (Lipinski definition) is 4. The summed E-state index contributed by atoms with van der Waals surface area (Å²) in [6.07, 6.45) is -0.654. The molecular formula is C13H17BrF2N2O2. The lowest BCUT2D eigenvalue weighted by atomic mass is 10.2. The first-order chi connectivity index (χ1) is 9.56. The first kappa shape index (κ1) is 15.6. The highest BCUT2D eigenvalue weighted by Crippen LogP contribution is 2.23. The summed E-state index contributed by atoms with van der Waals surface area (Å²) >= 11 is 2.92. The van der Waals surface area contributed by atoms with Gasteiger partial charge in [-0.15, -0.1) is 0 Å². The Morgan fingerprint density at radius 3 is 2.70 bits per heavy atom. The second-order valence-electron chi connectivity index (χ2n) is 4.69. The van der Waals surface area contributed by atoms with E-state index in [2.05, 4.69) is 26.1 Å². The van der Waals surface area contributed by atoms with Crippen molar-refractivity contribution in [2.45, 2.75) is 6.10 Å². The van der Waals surface area contributed by atoms with Crippen LogP contribution in [-0.4, -0.2) is 55.5 Å². The van der Waals surface area contributed by atoms with Crippen molar-refractivity contribution in [2.24, 2.45) is 0 Å². The molecule has 2 rings (SSSR count). The zero-order valence-electron chi connectivity index (χ0n) is 10.9. The molecule has 1 aliphatic heterocycles. The Morgan fingerprint density at radius 2 is 2.00 bits per heavy atom. The molecule has 0 spiro atoms. The number of β-amino-alcohol motifs (C(OH)–C–C–N with tert-alkyl or cyclic N) is 1. The molecule has 0 amide bonds. The van der Waals surface area contributed by atoms with Crippen molar-refractivity contribution in [3.63, 3.8) is 0 Å². The standard InChI is InChI=1S/C13H17BrF2N2O2/c14-10-5-12(16)13(6-11(10)15)17-7-9(19)8-18-1-3-20-4-2-18/h5-6,9,17,19H,1-4,7-8H2. The number of aliphatic hydroxyl groups is 1. The van der Waals surface area contributed by atoms with Gasteiger partial charge < -0.3 is 15.2 Å². The number of rotatable bonds is 5. The molecular weight excluding hydrogens is 334 g/mol. The second kappa shape index (κ2) is 7.31. The van der Waals surface area contributed by atoms with Gasteiger partial charge in [-0.3, -0.25) is 4.90 Å². The molecule has 1 heterocycles. The molecule has 1 saturated heterocycles. The third kappa shape index (κ3) is 4.37. The molecule has 7 heteroatoms. The Balaban J connectivity index is 1.83. The van der Waals surface area contributed by atoms with Crippen molar-refractivity contribution in [3.05, 3.63) is 28.2 Å². The molecule has 2 N–H and O–H groups in total. The van der Waals surface area contributed by atoms with Crippen molar-refractivity contribution in [1.29, 1.82) is 0 Å². The number of hydrogen-bond donors (Lipinski definition) is 2. The van der Waals surface area contributed by atoms with Crippen LogP contribution in [0.1, 0.15) is 0 Å². The number of anilines is 1. The van der Waals surface area contributed by atoms with E-state index < -0.39 is 17.7 Å². The Bertz CT molecular complexity index is 456. The zero-order valence-corrected chi connectivity index (χ0v) is 12.5. The predicted molar refractivity (Wildman–Crippen MR) is 75.8 cm³/mol. The predicted octanol–water partition coefficient (Wildman–Crippen LogP) is 1.83. The van der Waals surface area contributed by atoms with Crippen LogP contribution in [0, 0.1) is 11.6 Å². The highest BCUT2D eigenvalue weighted by Gasteiger charge is 2.15. The summed E-state index contributed by atoms with van der Waals surface area (Å²) in [5, 5.41) is 12.6. The molecule has 4 nitrogen and oxygen atoms in total. The molecule has 0 radical (unpaired) electrons. The van der Waals surface area contributed by atoms with Gasteiger partial charge in [0, 0.05) is 32.2 Å². The lowest BCUT2D eigenvalue weighted by Gasteiger charge is -2.28. The minimum absolute atomic E-state index is 0.0479. The van der Waals surface area contributed by atoms with Crippen LogP contribution in [0.3, 0.4) is 0 Å². The van der Waals surface area contributed by atoms with Gasteiger partial charge in [0.05, 0.1) is 29.5 Å². The largest absolute Gasteiger partial charge is 0.390 e. The smallest absolute Gasteiger partial charge is 0.147 e. The number of morpholine rings is 1. The summed E-state index contributed by atoms with van der Waals surface area (Å²) in [6.45, 7) is 3.52. The highest BCUT2D eigenvalue weighted by atomic mass is 79.9. The number of halogens is 3. The topological polar surface area (TPSA) is 44.7 Å². The van der Waals surface area contributed by atoms with Gasteiger partial charge in [-0.25, -0.2) is 8.78 Å². The van der Waals surface area contributed by atoms with Gasteiger partial charge in [0.15, 0.2) is 0 Å². The number of nitrogens with zero attached hydrogens (tertiary/aromatic N) is 1. The van der Waals surface area contributed by atoms with Crippen LogP contribution >= 0.6 is 15.9 Å². The van der Waals surface area contributed by atoms with Crippen LogP contribution in [0.4, 0.5) is 14.5 Å². The molecule has 1 aliphatic rings. The average molecular weight is 351 g/mol. The van der Waals surface area contributed by atoms with Crippen molar-refractivity contribution >= 4 is 21.6 Å². The minimum Gasteiger partial charge on any atom is -0.390 e. The SMILES string of the molecule is OC(CNc1cc(F)c(Br)cc1F)CN1CCOCC1. The number of aliphatic hydroxyl groups excluding tert-OH is 1. The van der Waals surface area contributed by atoms with Crippen molar-refractivity contribution in [3.8, 4) is 0 Å². The first-order valence-electron chi connectivity index (χ1n) is 6.43. The zero-order chi connectivity index (χ0) is 14.5. The van der Waals surface area contributed by atoms with Crippen LogP contribution in [0.5, 0.6) is 0 Å². The fourth-order valence-electron chi connectivity index (χ4n) is 2.03. The maximum atomic E-state index is 13.6. The number of nitrogens with one attached hydrogen (secondary N) is 1. The molecule has 1 aromatic carbocycles. The van der Waals surface area contributed by atoms with E-state index in [4.69, 9.17) is 4.74 Å². The monoisotopic (exact) mass is 350 g/mol. The maximum Gasteiger partial charge on any atom is 0.147 e. The normalized spacial score (nSPS) is 18.0. The molecule has 0 bridgehead atoms. The molecule has 1 unspecified atom stereocenters. The highest BCUT2D eigenvalue weighted by molar-refractivity contribution is 9.10. The van der Waals surface area contributed by atoms with Gasteiger partial charge in [-0.2, -0.15) is 0 Å². The average Bonchev–Trinajstić information content (AvgIpc) is 2.42. The quantitative estimate of drug-likeness (QED) is 0.795. The summed E-state index contributed by atoms with van der Waals surface area (Å²) in [5.41, 5.74) is 0.0479. The van der Waals surface area contributed by atoms with Gasteiger partial charge >= 0.3 is 0 Å². The van der Waals surface area contributed by atoms with E-state index in [1.807, 2.05) is 0 Å². The van der Waals surface area contributed by atoms with E-state index in [0.717, 1.165) is 25.2 Å². The summed E-state index contributed by atoms with van der Waals surface area (Å²) in [5.74, 6) is -1.10. The summed E-state index contributed by atoms with van der Waals surface area (Å²) in [4.78, 5) is 2.08. The van der Waals surface area contributed by atoms with E-state index in [1.54, 1.807) is 0 Å². The van der Waals surface area contributed by atoms with E-state index >= 15 is 0 Å². The van der Waals surface area contributed by atoms with Crippen LogP contribution in [0.25, 0.3) is 0 Å². The van der Waals surface area contributed by atoms with Gasteiger partial charge in [0.1, 0.15) is 11.6 Å². The Labute approximate surface area is 124 Å². The van der Waals surface area contributed by atoms with Crippen molar-refractivity contribution in [2.75, 3.05) is 44.7 Å². The second-order valence-corrected chi connectivity index (χ2v) is 5.55. The van der Waals surface area contributed by atoms with Crippen LogP contribution in [0.2, 0.25) is 0 Å². The van der Waals surface area contributed by atoms with Gasteiger partial charge in [-0.05, 0) is 22.0 Å². The van der Waals surface area contributed by atoms with E-state index in [-0.39, 0.29) is 16.7 Å². The summed E-state index contributed by atoms with van der Waals surface area (Å²) in [6, 6.07) is 2.13. The van der Waals surface area contributed by atoms with Gasteiger partial charge in [0.25, 0.3) is 0 Å². The van der Waals surface area contributed by atoms with Crippen LogP contribution in [0.15, 0.2) is 16.6 Å². The van der Waals surface area contributed by atoms with Gasteiger partial charge in [-0.1, -0.05) is 0 Å². The third-order valence-electron chi connectivity index (χ3n) is 3.11. The number of benzene rings is 1. The molecule has 1 atom stereocenters. The van der Waals surface area contributed by atoms with E-state index in [1.165, 1.54) is 0 Å². The lowest BCUT2D eigenvalue weighted by Crippen LogP contribution is -2.42. The molecule has 0 aromatic heterocycles. The Kier molecular flexibility index (Phi) is 5.71. The lowest BCUT2D eigenvalue weighted by molar-refractivity contribution is 0.0171. The molecule has 0 saturated carbocycles. The van der Waals surface area contributed by atoms with Crippen molar-refractivity contribution < 1.29 is 18.6 Å². The molecule has 0 aliphatic carbocycles. The Hall–Kier alpha value is -0.760. The fraction of sp³-hybridized carbons (Fsp3) is 0.538. The van der Waals surface area contributed by atoms with Crippen LogP contribution in [-0.2, 0) is 4.74 Å². The number of ether oxygens (including phenoxy) is 1. The van der Waals surface area contributed by atoms with E-state index in [0.29, 0.717) is 19.8 Å². The molecule has 112 valence electrons. The van der Waals surface area contributed by atoms with E-state index in [9.17, 15) is 13.9 Å². The maximum absolute atomic E-state index is 13.6. The van der Waals surface area contributed by atoms with Crippen LogP contribution < -0.4 is 5.32 Å². The molecule has 1 fully saturated rings. The minimum atomic E-state index is -0.654. The molecule has 20 heavy (non-hydrogen) atoms. The summed E-state index contributed by atoms with van der Waals surface area (Å²) < 4.78 is 32.2. The fourth-order valence-corrected chi connectivity index (χ4v) is 2.35. The molecule has 1 aromatic rings. The Morgan fingerprint density at radius 1 is 1.30 bits per heavy atom. The summed E-state index contributed by atoms with van der Waals surface area (Å²) in [7, 11) is 0.